The maximum atomic E-state index is 2.34. The molecule has 0 unspecified atom stereocenters. The lowest BCUT2D eigenvalue weighted by molar-refractivity contribution is -0.867. The monoisotopic (exact) mass is 148 g/mol. The zero-order valence-corrected chi connectivity index (χ0v) is 8.20. The molecule has 0 heterocycles. The third-order valence-electron chi connectivity index (χ3n) is 1.22. The van der Waals surface area contributed by atoms with Crippen LogP contribution in [0.3, 0.4) is 0 Å². The van der Waals surface area contributed by atoms with E-state index in [0.717, 1.165) is 4.48 Å². The number of nitrogens with zero attached hydrogens (tertiary/aromatic N) is 1. The summed E-state index contributed by atoms with van der Waals surface area (Å²) in [5, 5.41) is 0. The highest BCUT2D eigenvalue weighted by molar-refractivity contribution is 7.55. The van der Waals surface area contributed by atoms with Crippen molar-refractivity contribution in [2.24, 2.45) is 0 Å². The average molecular weight is 148 g/mol. The van der Waals surface area contributed by atoms with Crippen LogP contribution in [-0.4, -0.2) is 51.7 Å². The second-order valence-corrected chi connectivity index (χ2v) is 6.42. The van der Waals surface area contributed by atoms with E-state index in [4.69, 9.17) is 0 Å². The minimum Gasteiger partial charge on any atom is -0.331 e. The molecule has 0 saturated carbocycles. The number of hydrogen-bond donors (Lipinski definition) is 0. The van der Waals surface area contributed by atoms with Gasteiger partial charge in [0.25, 0.3) is 0 Å². The summed E-state index contributed by atoms with van der Waals surface area (Å²) in [6.45, 7) is 5.99. The third kappa shape index (κ3) is 8.39. The van der Waals surface area contributed by atoms with E-state index in [1.54, 1.807) is 0 Å². The van der Waals surface area contributed by atoms with Crippen LogP contribution in [0.5, 0.6) is 0 Å². The molecule has 56 valence electrons. The molecule has 0 aromatic heterocycles. The number of hydrogen-bond acceptors (Lipinski definition) is 0. The molecule has 0 bridgehead atoms. The van der Waals surface area contributed by atoms with E-state index in [1.165, 1.54) is 12.7 Å². The van der Waals surface area contributed by atoms with E-state index in [1.807, 2.05) is 0 Å². The highest BCUT2D eigenvalue weighted by atomic mass is 31.1. The van der Waals surface area contributed by atoms with Gasteiger partial charge in [-0.3, -0.25) is 0 Å². The molecule has 0 aliphatic carbocycles. The molecule has 0 atom stereocenters. The van der Waals surface area contributed by atoms with E-state index in [0.29, 0.717) is 7.92 Å². The zero-order valence-electron chi connectivity index (χ0n) is 7.31. The Labute approximate surface area is 60.4 Å². The molecule has 2 heteroatoms. The molecular formula is C7H19NP+. The van der Waals surface area contributed by atoms with Crippen LogP contribution >= 0.6 is 7.92 Å². The molecule has 0 aromatic rings. The fraction of sp³-hybridized carbons (Fsp3) is 1.00. The van der Waals surface area contributed by atoms with Crippen LogP contribution in [0.1, 0.15) is 0 Å². The molecule has 0 saturated heterocycles. The predicted molar refractivity (Wildman–Crippen MR) is 46.5 cm³/mol. The third-order valence-corrected chi connectivity index (χ3v) is 2.31. The lowest BCUT2D eigenvalue weighted by atomic mass is 10.6. The van der Waals surface area contributed by atoms with E-state index in [-0.39, 0.29) is 0 Å². The number of quaternary nitrogens is 1. The molecule has 0 spiro atoms. The maximum Gasteiger partial charge on any atom is 0.0820 e. The van der Waals surface area contributed by atoms with Crippen molar-refractivity contribution in [3.63, 3.8) is 0 Å². The van der Waals surface area contributed by atoms with Crippen molar-refractivity contribution in [1.29, 1.82) is 0 Å². The molecular weight excluding hydrogens is 129 g/mol. The van der Waals surface area contributed by atoms with Gasteiger partial charge in [-0.1, -0.05) is 0 Å². The molecule has 0 aliphatic rings. The van der Waals surface area contributed by atoms with Gasteiger partial charge in [-0.25, -0.2) is 0 Å². The van der Waals surface area contributed by atoms with Gasteiger partial charge in [0, 0.05) is 6.16 Å². The molecule has 1 nitrogen and oxygen atoms in total. The molecule has 9 heavy (non-hydrogen) atoms. The van der Waals surface area contributed by atoms with Crippen LogP contribution in [0.15, 0.2) is 0 Å². The topological polar surface area (TPSA) is 0 Å². The van der Waals surface area contributed by atoms with E-state index in [9.17, 15) is 0 Å². The molecule has 0 fully saturated rings. The Morgan fingerprint density at radius 1 is 1.11 bits per heavy atom. The molecule has 0 rings (SSSR count). The quantitative estimate of drug-likeness (QED) is 0.419. The van der Waals surface area contributed by atoms with Crippen LogP contribution in [0.4, 0.5) is 0 Å². The summed E-state index contributed by atoms with van der Waals surface area (Å²) in [4.78, 5) is 0. The van der Waals surface area contributed by atoms with Crippen LogP contribution in [0.25, 0.3) is 0 Å². The fourth-order valence-electron chi connectivity index (χ4n) is 0.500. The van der Waals surface area contributed by atoms with Crippen molar-refractivity contribution in [2.45, 2.75) is 0 Å². The Morgan fingerprint density at radius 3 is 1.67 bits per heavy atom. The molecule has 0 amide bonds. The van der Waals surface area contributed by atoms with Gasteiger partial charge in [0.1, 0.15) is 0 Å². The van der Waals surface area contributed by atoms with Crippen molar-refractivity contribution in [1.82, 2.24) is 0 Å². The van der Waals surface area contributed by atoms with Gasteiger partial charge in [-0.15, -0.1) is 7.92 Å². The Hall–Kier alpha value is 0.390. The Bertz CT molecular complexity index is 73.5. The first-order valence-corrected chi connectivity index (χ1v) is 5.79. The van der Waals surface area contributed by atoms with Gasteiger partial charge in [0.15, 0.2) is 0 Å². The first-order valence-electron chi connectivity index (χ1n) is 3.37. The number of rotatable bonds is 3. The van der Waals surface area contributed by atoms with Crippen molar-refractivity contribution < 1.29 is 4.48 Å². The summed E-state index contributed by atoms with van der Waals surface area (Å²) < 4.78 is 1.11. The lowest BCUT2D eigenvalue weighted by Crippen LogP contribution is -2.36. The van der Waals surface area contributed by atoms with Crippen molar-refractivity contribution >= 4 is 7.92 Å². The van der Waals surface area contributed by atoms with E-state index < -0.39 is 0 Å². The Balaban J connectivity index is 3.28. The highest BCUT2D eigenvalue weighted by Gasteiger charge is 2.06. The minimum absolute atomic E-state index is 0.320. The van der Waals surface area contributed by atoms with Gasteiger partial charge in [0.2, 0.25) is 0 Å². The average Bonchev–Trinajstić information content (AvgIpc) is 1.59. The summed E-state index contributed by atoms with van der Waals surface area (Å²) >= 11 is 0. The standard InChI is InChI=1S/C7H19NP/c1-8(2,3)6-7-9(4)5/h6-7H2,1-5H3/q+1. The summed E-state index contributed by atoms with van der Waals surface area (Å²) in [5.41, 5.74) is 0. The van der Waals surface area contributed by atoms with E-state index in [2.05, 4.69) is 34.5 Å². The zero-order chi connectivity index (χ0) is 7.49. The van der Waals surface area contributed by atoms with Crippen molar-refractivity contribution in [3.05, 3.63) is 0 Å². The SMILES string of the molecule is CP(C)CC[N+](C)(C)C. The van der Waals surface area contributed by atoms with Gasteiger partial charge < -0.3 is 4.48 Å². The van der Waals surface area contributed by atoms with Gasteiger partial charge in [-0.05, 0) is 13.3 Å². The van der Waals surface area contributed by atoms with Crippen LogP contribution in [0.2, 0.25) is 0 Å². The summed E-state index contributed by atoms with van der Waals surface area (Å²) in [5.74, 6) is 0. The maximum absolute atomic E-state index is 2.34. The first kappa shape index (κ1) is 9.39. The second-order valence-electron chi connectivity index (χ2n) is 3.82. The Kier molecular flexibility index (Phi) is 3.68. The fourth-order valence-corrected chi connectivity index (χ4v) is 1.50. The minimum atomic E-state index is 0.320. The smallest absolute Gasteiger partial charge is 0.0820 e. The largest absolute Gasteiger partial charge is 0.331 e. The summed E-state index contributed by atoms with van der Waals surface area (Å²) in [7, 11) is 7.07. The van der Waals surface area contributed by atoms with Crippen LogP contribution in [0, 0.1) is 0 Å². The van der Waals surface area contributed by atoms with Crippen LogP contribution in [-0.2, 0) is 0 Å². The van der Waals surface area contributed by atoms with Crippen molar-refractivity contribution in [3.8, 4) is 0 Å². The van der Waals surface area contributed by atoms with Gasteiger partial charge in [0.05, 0.1) is 27.7 Å². The predicted octanol–water partition coefficient (Wildman–Crippen LogP) is 1.43. The van der Waals surface area contributed by atoms with Gasteiger partial charge in [-0.2, -0.15) is 0 Å². The first-order chi connectivity index (χ1) is 3.92. The molecule has 0 aliphatic heterocycles. The van der Waals surface area contributed by atoms with E-state index >= 15 is 0 Å². The molecule has 0 radical (unpaired) electrons. The molecule has 0 aromatic carbocycles. The van der Waals surface area contributed by atoms with Crippen molar-refractivity contribution in [2.75, 3.05) is 47.2 Å². The Morgan fingerprint density at radius 2 is 1.56 bits per heavy atom. The summed E-state index contributed by atoms with van der Waals surface area (Å²) in [6, 6.07) is 0. The van der Waals surface area contributed by atoms with Crippen LogP contribution < -0.4 is 0 Å². The van der Waals surface area contributed by atoms with Gasteiger partial charge >= 0.3 is 0 Å². The summed E-state index contributed by atoms with van der Waals surface area (Å²) in [6.07, 6.45) is 1.40. The highest BCUT2D eigenvalue weighted by Crippen LogP contribution is 2.23. The molecule has 0 N–H and O–H groups in total. The second kappa shape index (κ2) is 3.53. The lowest BCUT2D eigenvalue weighted by Gasteiger charge is -2.24. The normalized spacial score (nSPS) is 12.7.